The van der Waals surface area contributed by atoms with E-state index < -0.39 is 0 Å². The van der Waals surface area contributed by atoms with Crippen LogP contribution < -0.4 is 4.90 Å². The van der Waals surface area contributed by atoms with Crippen LogP contribution in [0.25, 0.3) is 11.1 Å². The van der Waals surface area contributed by atoms with Crippen molar-refractivity contribution in [2.45, 2.75) is 6.42 Å². The molecule has 0 radical (unpaired) electrons. The molecule has 2 heteroatoms. The van der Waals surface area contributed by atoms with Gasteiger partial charge in [-0.25, -0.2) is 0 Å². The van der Waals surface area contributed by atoms with Crippen molar-refractivity contribution in [2.24, 2.45) is 0 Å². The molecule has 0 unspecified atom stereocenters. The van der Waals surface area contributed by atoms with Crippen molar-refractivity contribution in [3.8, 4) is 11.1 Å². The van der Waals surface area contributed by atoms with Crippen LogP contribution in [0.15, 0.2) is 73.3 Å². The Morgan fingerprint density at radius 3 is 2.06 bits per heavy atom. The molecule has 0 saturated heterocycles. The summed E-state index contributed by atoms with van der Waals surface area (Å²) >= 11 is 0. The van der Waals surface area contributed by atoms with E-state index in [0.29, 0.717) is 0 Å². The van der Waals surface area contributed by atoms with Gasteiger partial charge < -0.3 is 4.90 Å². The number of hydrogen-bond donors (Lipinski definition) is 0. The zero-order valence-corrected chi connectivity index (χ0v) is 10.0. The van der Waals surface area contributed by atoms with Crippen LogP contribution in [0.2, 0.25) is 0 Å². The van der Waals surface area contributed by atoms with Gasteiger partial charge in [-0.1, -0.05) is 24.3 Å². The number of anilines is 1. The first-order valence-corrected chi connectivity index (χ1v) is 6.05. The molecule has 2 nitrogen and oxygen atoms in total. The standard InChI is InChI=1S/C16H14N2/c1-2-12-18(13-3-1)16-6-4-14(5-7-16)15-8-10-17-11-9-15/h2-13H,1H2. The Bertz CT molecular complexity index is 556. The summed E-state index contributed by atoms with van der Waals surface area (Å²) in [6, 6.07) is 12.6. The van der Waals surface area contributed by atoms with Crippen molar-refractivity contribution in [1.29, 1.82) is 0 Å². The Morgan fingerprint density at radius 1 is 0.778 bits per heavy atom. The van der Waals surface area contributed by atoms with Gasteiger partial charge in [0.1, 0.15) is 0 Å². The highest BCUT2D eigenvalue weighted by atomic mass is 15.1. The minimum atomic E-state index is 1.02. The van der Waals surface area contributed by atoms with Crippen molar-refractivity contribution in [1.82, 2.24) is 4.98 Å². The molecule has 0 saturated carbocycles. The largest absolute Gasteiger partial charge is 0.324 e. The van der Waals surface area contributed by atoms with E-state index >= 15 is 0 Å². The normalized spacial score (nSPS) is 13.9. The molecule has 1 aliphatic rings. The summed E-state index contributed by atoms with van der Waals surface area (Å²) in [7, 11) is 0. The van der Waals surface area contributed by atoms with E-state index in [1.807, 2.05) is 24.5 Å². The van der Waals surface area contributed by atoms with Crippen molar-refractivity contribution in [3.63, 3.8) is 0 Å². The molecule has 18 heavy (non-hydrogen) atoms. The van der Waals surface area contributed by atoms with E-state index in [-0.39, 0.29) is 0 Å². The van der Waals surface area contributed by atoms with Gasteiger partial charge in [0, 0.05) is 30.5 Å². The van der Waals surface area contributed by atoms with E-state index in [2.05, 4.69) is 58.7 Å². The number of benzene rings is 1. The van der Waals surface area contributed by atoms with Crippen molar-refractivity contribution < 1.29 is 0 Å². The molecule has 0 fully saturated rings. The molecule has 1 aromatic heterocycles. The molecule has 1 aromatic carbocycles. The maximum atomic E-state index is 4.04. The van der Waals surface area contributed by atoms with Gasteiger partial charge in [-0.3, -0.25) is 4.98 Å². The van der Waals surface area contributed by atoms with Gasteiger partial charge in [0.2, 0.25) is 0 Å². The molecular formula is C16H14N2. The zero-order chi connectivity index (χ0) is 12.2. The zero-order valence-electron chi connectivity index (χ0n) is 10.0. The summed E-state index contributed by atoms with van der Waals surface area (Å²) in [5.41, 5.74) is 3.59. The molecule has 0 spiro atoms. The number of pyridine rings is 1. The topological polar surface area (TPSA) is 16.1 Å². The molecule has 0 bridgehead atoms. The van der Waals surface area contributed by atoms with Gasteiger partial charge in [-0.05, 0) is 41.8 Å². The summed E-state index contributed by atoms with van der Waals surface area (Å²) in [6.07, 6.45) is 13.2. The summed E-state index contributed by atoms with van der Waals surface area (Å²) in [5, 5.41) is 0. The van der Waals surface area contributed by atoms with Crippen LogP contribution in [0.3, 0.4) is 0 Å². The SMILES string of the molecule is C1=CN(c2ccc(-c3ccncc3)cc2)C=CC1. The molecule has 0 N–H and O–H groups in total. The van der Waals surface area contributed by atoms with E-state index in [4.69, 9.17) is 0 Å². The fourth-order valence-electron chi connectivity index (χ4n) is 2.02. The maximum Gasteiger partial charge on any atom is 0.0449 e. The minimum Gasteiger partial charge on any atom is -0.324 e. The smallest absolute Gasteiger partial charge is 0.0449 e. The number of rotatable bonds is 2. The number of aromatic nitrogens is 1. The van der Waals surface area contributed by atoms with Gasteiger partial charge in [-0.2, -0.15) is 0 Å². The molecule has 2 heterocycles. The fourth-order valence-corrected chi connectivity index (χ4v) is 2.02. The van der Waals surface area contributed by atoms with Gasteiger partial charge in [0.15, 0.2) is 0 Å². The van der Waals surface area contributed by atoms with E-state index in [0.717, 1.165) is 6.42 Å². The second kappa shape index (κ2) is 4.88. The Balaban J connectivity index is 1.87. The Hall–Kier alpha value is -2.35. The Labute approximate surface area is 107 Å². The molecule has 2 aromatic rings. The van der Waals surface area contributed by atoms with Gasteiger partial charge in [-0.15, -0.1) is 0 Å². The number of allylic oxidation sites excluding steroid dienone is 2. The summed E-state index contributed by atoms with van der Waals surface area (Å²) in [5.74, 6) is 0. The van der Waals surface area contributed by atoms with E-state index in [1.165, 1.54) is 16.8 Å². The van der Waals surface area contributed by atoms with Crippen LogP contribution in [0.5, 0.6) is 0 Å². The second-order valence-electron chi connectivity index (χ2n) is 4.20. The second-order valence-corrected chi connectivity index (χ2v) is 4.20. The van der Waals surface area contributed by atoms with Crippen LogP contribution in [-0.4, -0.2) is 4.98 Å². The minimum absolute atomic E-state index is 1.02. The van der Waals surface area contributed by atoms with Crippen molar-refractivity contribution in [3.05, 3.63) is 73.3 Å². The van der Waals surface area contributed by atoms with Crippen LogP contribution in [0, 0.1) is 0 Å². The lowest BCUT2D eigenvalue weighted by Gasteiger charge is -2.18. The molecule has 88 valence electrons. The lowest BCUT2D eigenvalue weighted by molar-refractivity contribution is 1.18. The number of nitrogens with zero attached hydrogens (tertiary/aromatic N) is 2. The van der Waals surface area contributed by atoms with Crippen LogP contribution in [0.4, 0.5) is 5.69 Å². The lowest BCUT2D eigenvalue weighted by atomic mass is 10.1. The highest BCUT2D eigenvalue weighted by Crippen LogP contribution is 2.23. The molecule has 0 aliphatic carbocycles. The predicted molar refractivity (Wildman–Crippen MR) is 75.0 cm³/mol. The molecule has 3 rings (SSSR count). The van der Waals surface area contributed by atoms with E-state index in [1.54, 1.807) is 0 Å². The highest BCUT2D eigenvalue weighted by molar-refractivity contribution is 5.66. The Kier molecular flexibility index (Phi) is 2.92. The monoisotopic (exact) mass is 234 g/mol. The predicted octanol–water partition coefficient (Wildman–Crippen LogP) is 3.99. The van der Waals surface area contributed by atoms with Crippen LogP contribution >= 0.6 is 0 Å². The van der Waals surface area contributed by atoms with Crippen molar-refractivity contribution in [2.75, 3.05) is 4.90 Å². The molecule has 0 atom stereocenters. The van der Waals surface area contributed by atoms with Crippen LogP contribution in [-0.2, 0) is 0 Å². The first kappa shape index (κ1) is 10.8. The third-order valence-corrected chi connectivity index (χ3v) is 2.98. The average Bonchev–Trinajstić information content (AvgIpc) is 2.49. The first-order chi connectivity index (χ1) is 8.93. The quantitative estimate of drug-likeness (QED) is 0.781. The van der Waals surface area contributed by atoms with Crippen molar-refractivity contribution >= 4 is 5.69 Å². The summed E-state index contributed by atoms with van der Waals surface area (Å²) < 4.78 is 0. The van der Waals surface area contributed by atoms with Crippen LogP contribution in [0.1, 0.15) is 6.42 Å². The maximum absolute atomic E-state index is 4.04. The third-order valence-electron chi connectivity index (χ3n) is 2.98. The number of hydrogen-bond acceptors (Lipinski definition) is 2. The van der Waals surface area contributed by atoms with Gasteiger partial charge in [0.05, 0.1) is 0 Å². The molecular weight excluding hydrogens is 220 g/mol. The first-order valence-electron chi connectivity index (χ1n) is 6.05. The van der Waals surface area contributed by atoms with E-state index in [9.17, 15) is 0 Å². The summed E-state index contributed by atoms with van der Waals surface area (Å²) in [4.78, 5) is 6.16. The average molecular weight is 234 g/mol. The lowest BCUT2D eigenvalue weighted by Crippen LogP contribution is -2.08. The summed E-state index contributed by atoms with van der Waals surface area (Å²) in [6.45, 7) is 0. The fraction of sp³-hybridized carbons (Fsp3) is 0.0625. The Morgan fingerprint density at radius 2 is 1.39 bits per heavy atom. The molecule has 0 amide bonds. The third kappa shape index (κ3) is 2.18. The van der Waals surface area contributed by atoms with Gasteiger partial charge >= 0.3 is 0 Å². The highest BCUT2D eigenvalue weighted by Gasteiger charge is 2.02. The van der Waals surface area contributed by atoms with Gasteiger partial charge in [0.25, 0.3) is 0 Å². The molecule has 1 aliphatic heterocycles.